The van der Waals surface area contributed by atoms with Crippen LogP contribution in [0.2, 0.25) is 0 Å². The summed E-state index contributed by atoms with van der Waals surface area (Å²) in [6.45, 7) is 7.52. The SMILES string of the molecule is C=C/C(=C\C=C(/C)[B]S)N1C(=O)NC2=C(C(=O)NC3CCCCCCC3)SC3NC=CC1=C23. The van der Waals surface area contributed by atoms with Crippen molar-refractivity contribution in [3.8, 4) is 0 Å². The van der Waals surface area contributed by atoms with E-state index in [9.17, 15) is 9.59 Å². The van der Waals surface area contributed by atoms with Gasteiger partial charge >= 0.3 is 6.03 Å². The quantitative estimate of drug-likeness (QED) is 0.258. The first kappa shape index (κ1) is 23.9. The average molecular weight is 481 g/mol. The fourth-order valence-electron chi connectivity index (χ4n) is 4.53. The van der Waals surface area contributed by atoms with Gasteiger partial charge in [0.2, 0.25) is 6.56 Å². The Bertz CT molecular complexity index is 990. The Balaban J connectivity index is 1.64. The molecule has 0 saturated heterocycles. The van der Waals surface area contributed by atoms with Crippen LogP contribution in [0.25, 0.3) is 0 Å². The molecule has 6 nitrogen and oxygen atoms in total. The first-order valence-electron chi connectivity index (χ1n) is 11.5. The predicted molar refractivity (Wildman–Crippen MR) is 139 cm³/mol. The van der Waals surface area contributed by atoms with Crippen LogP contribution in [0.4, 0.5) is 4.79 Å². The molecule has 1 atom stereocenters. The maximum Gasteiger partial charge on any atom is 0.331 e. The van der Waals surface area contributed by atoms with Crippen LogP contribution in [0.3, 0.4) is 0 Å². The lowest BCUT2D eigenvalue weighted by molar-refractivity contribution is -0.117. The summed E-state index contributed by atoms with van der Waals surface area (Å²) in [5.41, 5.74) is 3.88. The van der Waals surface area contributed by atoms with Crippen LogP contribution in [-0.4, -0.2) is 34.8 Å². The number of allylic oxidation sites excluding steroid dienone is 5. The summed E-state index contributed by atoms with van der Waals surface area (Å²) in [7, 11) is 0. The Labute approximate surface area is 206 Å². The Morgan fingerprint density at radius 2 is 2.00 bits per heavy atom. The Morgan fingerprint density at radius 1 is 1.27 bits per heavy atom. The van der Waals surface area contributed by atoms with Crippen molar-refractivity contribution in [2.24, 2.45) is 0 Å². The molecule has 3 heterocycles. The Morgan fingerprint density at radius 3 is 2.70 bits per heavy atom. The minimum Gasteiger partial charge on any atom is -0.375 e. The van der Waals surface area contributed by atoms with Crippen molar-refractivity contribution in [2.75, 3.05) is 0 Å². The Hall–Kier alpha value is -2.26. The van der Waals surface area contributed by atoms with Gasteiger partial charge in [-0.05, 0) is 37.3 Å². The molecule has 1 unspecified atom stereocenters. The van der Waals surface area contributed by atoms with Gasteiger partial charge in [-0.25, -0.2) is 17.3 Å². The fraction of sp³-hybridized carbons (Fsp3) is 0.417. The summed E-state index contributed by atoms with van der Waals surface area (Å²) in [6.07, 6.45) is 17.2. The van der Waals surface area contributed by atoms with E-state index in [4.69, 9.17) is 0 Å². The number of urea groups is 1. The second kappa shape index (κ2) is 10.8. The smallest absolute Gasteiger partial charge is 0.331 e. The van der Waals surface area contributed by atoms with Crippen molar-refractivity contribution in [1.29, 1.82) is 0 Å². The number of nitrogens with one attached hydrogen (secondary N) is 3. The molecule has 3 amide bonds. The molecule has 0 aromatic rings. The van der Waals surface area contributed by atoms with E-state index in [1.165, 1.54) is 31.0 Å². The Kier molecular flexibility index (Phi) is 7.80. The van der Waals surface area contributed by atoms with E-state index >= 15 is 0 Å². The number of nitrogens with zero attached hydrogens (tertiary/aromatic N) is 1. The summed E-state index contributed by atoms with van der Waals surface area (Å²) < 4.78 is 0. The van der Waals surface area contributed by atoms with Crippen LogP contribution in [0.1, 0.15) is 51.9 Å². The molecule has 0 aromatic carbocycles. The molecule has 33 heavy (non-hydrogen) atoms. The largest absolute Gasteiger partial charge is 0.375 e. The van der Waals surface area contributed by atoms with Gasteiger partial charge in [0, 0.05) is 11.6 Å². The maximum absolute atomic E-state index is 13.3. The number of carbonyl (C=O) groups excluding carboxylic acids is 2. The highest BCUT2D eigenvalue weighted by molar-refractivity contribution is 8.07. The van der Waals surface area contributed by atoms with E-state index in [1.54, 1.807) is 17.5 Å². The molecule has 3 N–H and O–H groups in total. The number of thioether (sulfide) groups is 1. The molecule has 3 aliphatic heterocycles. The van der Waals surface area contributed by atoms with Gasteiger partial charge in [0.05, 0.1) is 22.0 Å². The fourth-order valence-corrected chi connectivity index (χ4v) is 5.80. The van der Waals surface area contributed by atoms with Crippen molar-refractivity contribution in [3.63, 3.8) is 0 Å². The van der Waals surface area contributed by atoms with Crippen LogP contribution < -0.4 is 16.0 Å². The number of thiol groups is 1. The molecular formula is C24H30BN4O2S2. The molecule has 1 radical (unpaired) electrons. The molecule has 1 fully saturated rings. The first-order valence-corrected chi connectivity index (χ1v) is 12.9. The summed E-state index contributed by atoms with van der Waals surface area (Å²) in [5, 5.41) is 9.42. The molecule has 0 aromatic heterocycles. The van der Waals surface area contributed by atoms with Gasteiger partial charge in [0.1, 0.15) is 5.37 Å². The van der Waals surface area contributed by atoms with Crippen LogP contribution >= 0.6 is 24.2 Å². The topological polar surface area (TPSA) is 73.5 Å². The molecule has 4 rings (SSSR count). The molecule has 0 spiro atoms. The van der Waals surface area contributed by atoms with Gasteiger partial charge in [-0.1, -0.05) is 68.9 Å². The number of dihydropyridines is 1. The van der Waals surface area contributed by atoms with Gasteiger partial charge in [-0.2, -0.15) is 0 Å². The summed E-state index contributed by atoms with van der Waals surface area (Å²) in [6, 6.07) is -0.113. The zero-order valence-corrected chi connectivity index (χ0v) is 20.6. The van der Waals surface area contributed by atoms with Gasteiger partial charge in [0.25, 0.3) is 5.91 Å². The van der Waals surface area contributed by atoms with E-state index in [0.717, 1.165) is 42.4 Å². The highest BCUT2D eigenvalue weighted by Crippen LogP contribution is 2.45. The first-order chi connectivity index (χ1) is 16.0. The lowest BCUT2D eigenvalue weighted by Gasteiger charge is -2.35. The van der Waals surface area contributed by atoms with Crippen molar-refractivity contribution >= 4 is 42.7 Å². The molecule has 0 bridgehead atoms. The average Bonchev–Trinajstić information content (AvgIpc) is 3.16. The molecule has 1 aliphatic carbocycles. The lowest BCUT2D eigenvalue weighted by Crippen LogP contribution is -2.46. The van der Waals surface area contributed by atoms with Gasteiger partial charge in [0.15, 0.2) is 0 Å². The van der Waals surface area contributed by atoms with Crippen molar-refractivity contribution in [1.82, 2.24) is 20.9 Å². The number of amides is 3. The summed E-state index contributed by atoms with van der Waals surface area (Å²) in [4.78, 5) is 28.7. The molecule has 1 saturated carbocycles. The summed E-state index contributed by atoms with van der Waals surface area (Å²) in [5.74, 6) is -0.0975. The van der Waals surface area contributed by atoms with Crippen LogP contribution in [-0.2, 0) is 4.79 Å². The van der Waals surface area contributed by atoms with Crippen LogP contribution in [0.5, 0.6) is 0 Å². The predicted octanol–water partition coefficient (Wildman–Crippen LogP) is 4.42. The zero-order chi connectivity index (χ0) is 23.4. The van der Waals surface area contributed by atoms with E-state index in [2.05, 4.69) is 35.0 Å². The molecule has 4 aliphatic rings. The lowest BCUT2D eigenvalue weighted by atomic mass is 9.95. The second-order valence-corrected chi connectivity index (χ2v) is 9.99. The minimum absolute atomic E-state index is 0.0975. The van der Waals surface area contributed by atoms with Crippen molar-refractivity contribution in [2.45, 2.75) is 63.3 Å². The van der Waals surface area contributed by atoms with E-state index in [-0.39, 0.29) is 23.4 Å². The third-order valence-electron chi connectivity index (χ3n) is 6.27. The van der Waals surface area contributed by atoms with Gasteiger partial charge in [-0.3, -0.25) is 9.69 Å². The van der Waals surface area contributed by atoms with Crippen molar-refractivity contribution in [3.05, 3.63) is 70.1 Å². The second-order valence-electron chi connectivity index (χ2n) is 8.62. The monoisotopic (exact) mass is 481 g/mol. The van der Waals surface area contributed by atoms with E-state index < -0.39 is 0 Å². The molecule has 173 valence electrons. The third-order valence-corrected chi connectivity index (χ3v) is 7.91. The minimum atomic E-state index is -0.306. The van der Waals surface area contributed by atoms with Gasteiger partial charge < -0.3 is 16.0 Å². The number of hydrogen-bond donors (Lipinski definition) is 4. The van der Waals surface area contributed by atoms with Gasteiger partial charge in [-0.15, -0.1) is 0 Å². The number of rotatable bonds is 6. The highest BCUT2D eigenvalue weighted by Gasteiger charge is 2.43. The third kappa shape index (κ3) is 5.14. The van der Waals surface area contributed by atoms with Crippen molar-refractivity contribution < 1.29 is 9.59 Å². The zero-order valence-electron chi connectivity index (χ0n) is 18.9. The maximum atomic E-state index is 13.3. The standard InChI is InChI=1S/C24H30BN4O2S2/c1-3-17(12-11-15(2)25-32)29-18-13-14-26-23-19(18)20(28-24(29)31)21(33-23)22(30)27-16-9-7-5-4-6-8-10-16/h3,11-14,16,23,26,32H,1,4-10H2,2H3,(H,27,30)(H,28,31)/b15-11+,17-12+. The van der Waals surface area contributed by atoms with Crippen LogP contribution in [0.15, 0.2) is 70.1 Å². The normalized spacial score (nSPS) is 24.0. The van der Waals surface area contributed by atoms with E-state index in [1.807, 2.05) is 31.4 Å². The van der Waals surface area contributed by atoms with Crippen LogP contribution in [0, 0.1) is 0 Å². The number of carbonyl (C=O) groups is 2. The molecular weight excluding hydrogens is 451 g/mol. The highest BCUT2D eigenvalue weighted by atomic mass is 32.2. The van der Waals surface area contributed by atoms with E-state index in [0.29, 0.717) is 16.3 Å². The number of hydrogen-bond acceptors (Lipinski definition) is 5. The summed E-state index contributed by atoms with van der Waals surface area (Å²) >= 11 is 5.63. The molecule has 9 heteroatoms.